The van der Waals surface area contributed by atoms with Crippen molar-refractivity contribution in [2.45, 2.75) is 25.3 Å². The van der Waals surface area contributed by atoms with Gasteiger partial charge in [-0.05, 0) is 18.6 Å². The van der Waals surface area contributed by atoms with Crippen LogP contribution < -0.4 is 10.5 Å². The van der Waals surface area contributed by atoms with Gasteiger partial charge in [0, 0.05) is 6.20 Å². The first kappa shape index (κ1) is 16.6. The Balaban J connectivity index is 2.50. The summed E-state index contributed by atoms with van der Waals surface area (Å²) in [6, 6.07) is 0.840. The van der Waals surface area contributed by atoms with Crippen LogP contribution in [0.4, 0.5) is 17.6 Å². The molecule has 0 aliphatic rings. The van der Waals surface area contributed by atoms with Gasteiger partial charge >= 0.3 is 12.3 Å². The number of nitrogens with two attached hydrogens (primary N) is 1. The van der Waals surface area contributed by atoms with Crippen molar-refractivity contribution >= 4 is 0 Å². The highest BCUT2D eigenvalue weighted by atomic mass is 19.3. The van der Waals surface area contributed by atoms with E-state index in [1.54, 1.807) is 13.0 Å². The zero-order chi connectivity index (χ0) is 15.2. The van der Waals surface area contributed by atoms with Gasteiger partial charge in [-0.1, -0.05) is 0 Å². The van der Waals surface area contributed by atoms with Crippen molar-refractivity contribution in [3.05, 3.63) is 24.0 Å². The van der Waals surface area contributed by atoms with Gasteiger partial charge in [0.05, 0.1) is 25.5 Å². The van der Waals surface area contributed by atoms with E-state index in [1.165, 1.54) is 12.4 Å². The smallest absolute Gasteiger partial charge is 0.330 e. The second-order valence-corrected chi connectivity index (χ2v) is 4.07. The molecule has 0 amide bonds. The molecule has 1 aromatic rings. The lowest BCUT2D eigenvalue weighted by molar-refractivity contribution is -0.166. The predicted molar refractivity (Wildman–Crippen MR) is 64.1 cm³/mol. The van der Waals surface area contributed by atoms with Crippen LogP contribution in [0.25, 0.3) is 0 Å². The van der Waals surface area contributed by atoms with Crippen LogP contribution in [0, 0.1) is 0 Å². The van der Waals surface area contributed by atoms with Gasteiger partial charge in [-0.25, -0.2) is 8.78 Å². The van der Waals surface area contributed by atoms with Crippen LogP contribution in [0.5, 0.6) is 5.75 Å². The molecule has 1 aromatic heterocycles. The second kappa shape index (κ2) is 7.39. The predicted octanol–water partition coefficient (Wildman–Crippen LogP) is 2.40. The third-order valence-corrected chi connectivity index (χ3v) is 2.38. The van der Waals surface area contributed by atoms with Gasteiger partial charge < -0.3 is 15.2 Å². The topological polar surface area (TPSA) is 57.4 Å². The third kappa shape index (κ3) is 4.93. The Labute approximate surface area is 113 Å². The number of aromatic nitrogens is 1. The maximum Gasteiger partial charge on any atom is 0.330 e. The van der Waals surface area contributed by atoms with Crippen LogP contribution in [0.1, 0.15) is 18.5 Å². The van der Waals surface area contributed by atoms with Gasteiger partial charge in [-0.15, -0.1) is 0 Å². The van der Waals surface area contributed by atoms with Crippen LogP contribution in [0.15, 0.2) is 18.5 Å². The van der Waals surface area contributed by atoms with E-state index in [2.05, 4.69) is 9.72 Å². The molecule has 1 heterocycles. The number of nitrogens with zero attached hydrogens (tertiary/aromatic N) is 1. The van der Waals surface area contributed by atoms with Gasteiger partial charge in [-0.3, -0.25) is 4.98 Å². The molecule has 8 heteroatoms. The Bertz CT molecular complexity index is 418. The summed E-state index contributed by atoms with van der Waals surface area (Å²) in [5, 5.41) is 0. The highest BCUT2D eigenvalue weighted by Crippen LogP contribution is 2.23. The molecule has 0 spiro atoms. The lowest BCUT2D eigenvalue weighted by Gasteiger charge is -2.17. The maximum atomic E-state index is 12.6. The minimum absolute atomic E-state index is 0.320. The summed E-state index contributed by atoms with van der Waals surface area (Å²) in [6.45, 7) is 0.538. The lowest BCUT2D eigenvalue weighted by Crippen LogP contribution is -2.33. The first-order chi connectivity index (χ1) is 9.36. The highest BCUT2D eigenvalue weighted by Gasteiger charge is 2.41. The highest BCUT2D eigenvalue weighted by molar-refractivity contribution is 5.25. The van der Waals surface area contributed by atoms with Crippen molar-refractivity contribution in [3.63, 3.8) is 0 Å². The van der Waals surface area contributed by atoms with E-state index in [0.29, 0.717) is 17.9 Å². The van der Waals surface area contributed by atoms with E-state index in [4.69, 9.17) is 10.5 Å². The van der Waals surface area contributed by atoms with Crippen LogP contribution in [0.2, 0.25) is 0 Å². The van der Waals surface area contributed by atoms with E-state index < -0.39 is 25.0 Å². The minimum Gasteiger partial charge on any atom is -0.492 e. The van der Waals surface area contributed by atoms with E-state index in [1.807, 2.05) is 0 Å². The van der Waals surface area contributed by atoms with E-state index >= 15 is 0 Å². The molecule has 0 aliphatic carbocycles. The fourth-order valence-corrected chi connectivity index (χ4v) is 1.37. The molecule has 1 atom stereocenters. The number of rotatable bonds is 8. The Kier molecular flexibility index (Phi) is 6.15. The summed E-state index contributed by atoms with van der Waals surface area (Å²) >= 11 is 0. The van der Waals surface area contributed by atoms with E-state index in [0.717, 1.165) is 0 Å². The normalized spacial score (nSPS) is 13.6. The second-order valence-electron chi connectivity index (χ2n) is 4.07. The average molecular weight is 296 g/mol. The number of pyridine rings is 1. The molecule has 1 unspecified atom stereocenters. The Morgan fingerprint density at radius 1 is 1.35 bits per heavy atom. The number of halogens is 4. The average Bonchev–Trinajstić information content (AvgIpc) is 2.39. The van der Waals surface area contributed by atoms with E-state index in [-0.39, 0.29) is 6.61 Å². The summed E-state index contributed by atoms with van der Waals surface area (Å²) in [7, 11) is 0. The summed E-state index contributed by atoms with van der Waals surface area (Å²) in [4.78, 5) is 3.88. The van der Waals surface area contributed by atoms with Crippen molar-refractivity contribution in [3.8, 4) is 5.75 Å². The number of alkyl halides is 4. The molecule has 1 rings (SSSR count). The van der Waals surface area contributed by atoms with Gasteiger partial charge in [0.2, 0.25) is 0 Å². The van der Waals surface area contributed by atoms with Crippen LogP contribution in [0.3, 0.4) is 0 Å². The van der Waals surface area contributed by atoms with Gasteiger partial charge in [-0.2, -0.15) is 8.78 Å². The maximum absolute atomic E-state index is 12.6. The van der Waals surface area contributed by atoms with Crippen molar-refractivity contribution in [1.82, 2.24) is 4.98 Å². The molecule has 0 bridgehead atoms. The summed E-state index contributed by atoms with van der Waals surface area (Å²) in [6.07, 6.45) is -0.852. The fourth-order valence-electron chi connectivity index (χ4n) is 1.37. The van der Waals surface area contributed by atoms with Crippen LogP contribution in [-0.4, -0.2) is 37.2 Å². The molecule has 0 aliphatic heterocycles. The molecular weight excluding hydrogens is 280 g/mol. The number of hydrogen-bond donors (Lipinski definition) is 1. The molecule has 4 nitrogen and oxygen atoms in total. The minimum atomic E-state index is -4.18. The fraction of sp³-hybridized carbons (Fsp3) is 0.583. The zero-order valence-corrected chi connectivity index (χ0v) is 10.9. The molecule has 114 valence electrons. The molecule has 0 radical (unpaired) electrons. The summed E-state index contributed by atoms with van der Waals surface area (Å²) < 4.78 is 58.8. The first-order valence-corrected chi connectivity index (χ1v) is 5.94. The Hall–Kier alpha value is -1.41. The van der Waals surface area contributed by atoms with Gasteiger partial charge in [0.1, 0.15) is 12.4 Å². The van der Waals surface area contributed by atoms with Crippen molar-refractivity contribution in [1.29, 1.82) is 0 Å². The van der Waals surface area contributed by atoms with Gasteiger partial charge in [0.25, 0.3) is 0 Å². The summed E-state index contributed by atoms with van der Waals surface area (Å²) in [5.41, 5.74) is 6.22. The third-order valence-electron chi connectivity index (χ3n) is 2.38. The first-order valence-electron chi connectivity index (χ1n) is 5.94. The lowest BCUT2D eigenvalue weighted by atomic mass is 10.1. The summed E-state index contributed by atoms with van der Waals surface area (Å²) in [5.74, 6) is -3.69. The number of hydrogen-bond acceptors (Lipinski definition) is 4. The van der Waals surface area contributed by atoms with Crippen molar-refractivity contribution in [2.75, 3.05) is 19.8 Å². The molecule has 2 N–H and O–H groups in total. The van der Waals surface area contributed by atoms with Crippen molar-refractivity contribution < 1.29 is 27.0 Å². The SMILES string of the molecule is CCOc1cncc(C(N)COCC(F)(F)C(F)F)c1. The molecular formula is C12H16F4N2O2. The van der Waals surface area contributed by atoms with Gasteiger partial charge in [0.15, 0.2) is 0 Å². The molecule has 0 aromatic carbocycles. The monoisotopic (exact) mass is 296 g/mol. The quantitative estimate of drug-likeness (QED) is 0.748. The number of ether oxygens (including phenoxy) is 2. The Morgan fingerprint density at radius 3 is 2.65 bits per heavy atom. The largest absolute Gasteiger partial charge is 0.492 e. The van der Waals surface area contributed by atoms with Crippen LogP contribution in [-0.2, 0) is 4.74 Å². The Morgan fingerprint density at radius 2 is 2.05 bits per heavy atom. The zero-order valence-electron chi connectivity index (χ0n) is 10.9. The van der Waals surface area contributed by atoms with Crippen LogP contribution >= 0.6 is 0 Å². The van der Waals surface area contributed by atoms with E-state index in [9.17, 15) is 17.6 Å². The molecule has 0 saturated heterocycles. The molecule has 20 heavy (non-hydrogen) atoms. The molecule has 0 saturated carbocycles. The van der Waals surface area contributed by atoms with Crippen molar-refractivity contribution in [2.24, 2.45) is 5.73 Å². The molecule has 0 fully saturated rings. The standard InChI is InChI=1S/C12H16F4N2O2/c1-2-20-9-3-8(4-18-5-9)10(17)6-19-7-12(15,16)11(13)14/h3-5,10-11H,2,6-7,17H2,1H3.